The minimum Gasteiger partial charge on any atom is -0.352 e. The molecule has 0 aliphatic rings. The summed E-state index contributed by atoms with van der Waals surface area (Å²) in [5, 5.41) is 9.20. The van der Waals surface area contributed by atoms with Crippen LogP contribution in [0.2, 0.25) is 0 Å². The molecule has 0 radical (unpaired) electrons. The van der Waals surface area contributed by atoms with Crippen LogP contribution in [0.5, 0.6) is 0 Å². The Morgan fingerprint density at radius 3 is 3.00 bits per heavy atom. The lowest BCUT2D eigenvalue weighted by Crippen LogP contribution is -2.28. The molecule has 1 aromatic heterocycles. The van der Waals surface area contributed by atoms with Crippen molar-refractivity contribution in [1.29, 1.82) is 0 Å². The fraction of sp³-hybridized carbons (Fsp3) is 0.0909. The van der Waals surface area contributed by atoms with Crippen molar-refractivity contribution in [2.75, 3.05) is 0 Å². The van der Waals surface area contributed by atoms with E-state index in [9.17, 15) is 4.79 Å². The van der Waals surface area contributed by atoms with Gasteiger partial charge in [-0.1, -0.05) is 18.2 Å². The van der Waals surface area contributed by atoms with Crippen LogP contribution in [0.15, 0.2) is 36.7 Å². The van der Waals surface area contributed by atoms with Crippen molar-refractivity contribution in [3.8, 4) is 11.1 Å². The Balaban J connectivity index is 2.17. The number of hydrogen-bond acceptors (Lipinski definition) is 2. The summed E-state index contributed by atoms with van der Waals surface area (Å²) in [6.45, 7) is 0.432. The number of primary amides is 1. The van der Waals surface area contributed by atoms with E-state index < -0.39 is 6.03 Å². The summed E-state index contributed by atoms with van der Waals surface area (Å²) in [5.41, 5.74) is 8.07. The molecule has 0 unspecified atom stereocenters. The molecule has 0 aliphatic heterocycles. The van der Waals surface area contributed by atoms with Gasteiger partial charge in [-0.15, -0.1) is 0 Å². The molecule has 0 saturated carbocycles. The second-order valence-electron chi connectivity index (χ2n) is 3.41. The van der Waals surface area contributed by atoms with Gasteiger partial charge in [0, 0.05) is 18.3 Å². The number of amides is 2. The second-order valence-corrected chi connectivity index (χ2v) is 3.41. The Morgan fingerprint density at radius 1 is 1.44 bits per heavy atom. The molecule has 5 heteroatoms. The largest absolute Gasteiger partial charge is 0.352 e. The van der Waals surface area contributed by atoms with Crippen LogP contribution in [0.25, 0.3) is 11.1 Å². The number of benzene rings is 1. The number of carbonyl (C=O) groups is 1. The molecule has 5 nitrogen and oxygen atoms in total. The Bertz CT molecular complexity index is 478. The van der Waals surface area contributed by atoms with Gasteiger partial charge in [0.05, 0.1) is 6.20 Å². The lowest BCUT2D eigenvalue weighted by atomic mass is 10.1. The van der Waals surface area contributed by atoms with E-state index in [1.807, 2.05) is 30.5 Å². The van der Waals surface area contributed by atoms with E-state index in [-0.39, 0.29) is 0 Å². The molecule has 0 saturated heterocycles. The summed E-state index contributed by atoms with van der Waals surface area (Å²) in [4.78, 5) is 10.6. The number of aromatic amines is 1. The number of carbonyl (C=O) groups excluding carboxylic acids is 1. The Morgan fingerprint density at radius 2 is 2.31 bits per heavy atom. The average molecular weight is 216 g/mol. The monoisotopic (exact) mass is 216 g/mol. The first-order chi connectivity index (χ1) is 7.75. The summed E-state index contributed by atoms with van der Waals surface area (Å²) in [5.74, 6) is 0. The van der Waals surface area contributed by atoms with Crippen LogP contribution in [-0.2, 0) is 6.54 Å². The lowest BCUT2D eigenvalue weighted by molar-refractivity contribution is 0.248. The fourth-order valence-corrected chi connectivity index (χ4v) is 1.46. The number of nitrogens with one attached hydrogen (secondary N) is 2. The van der Waals surface area contributed by atoms with E-state index in [2.05, 4.69) is 15.5 Å². The first kappa shape index (κ1) is 10.2. The summed E-state index contributed by atoms with van der Waals surface area (Å²) in [6, 6.07) is 7.31. The van der Waals surface area contributed by atoms with Crippen molar-refractivity contribution in [2.24, 2.45) is 5.73 Å². The van der Waals surface area contributed by atoms with E-state index in [1.54, 1.807) is 6.20 Å². The third-order valence-corrected chi connectivity index (χ3v) is 2.23. The van der Waals surface area contributed by atoms with Crippen molar-refractivity contribution in [3.05, 3.63) is 42.2 Å². The molecular formula is C11H12N4O. The lowest BCUT2D eigenvalue weighted by Gasteiger charge is -2.04. The minimum absolute atomic E-state index is 0.432. The van der Waals surface area contributed by atoms with Crippen molar-refractivity contribution >= 4 is 6.03 Å². The Hall–Kier alpha value is -2.30. The SMILES string of the molecule is NC(=O)NCc1cccc(-c2cn[nH]c2)c1. The Kier molecular flexibility index (Phi) is 2.86. The van der Waals surface area contributed by atoms with Crippen LogP contribution >= 0.6 is 0 Å². The molecule has 1 heterocycles. The van der Waals surface area contributed by atoms with Gasteiger partial charge >= 0.3 is 6.03 Å². The number of aromatic nitrogens is 2. The first-order valence-electron chi connectivity index (χ1n) is 4.87. The molecule has 1 aromatic carbocycles. The molecule has 0 bridgehead atoms. The van der Waals surface area contributed by atoms with Gasteiger partial charge in [-0.2, -0.15) is 5.10 Å². The molecule has 2 aromatic rings. The Labute approximate surface area is 92.7 Å². The highest BCUT2D eigenvalue weighted by Gasteiger charge is 2.00. The highest BCUT2D eigenvalue weighted by atomic mass is 16.2. The third kappa shape index (κ3) is 2.38. The topological polar surface area (TPSA) is 83.8 Å². The zero-order valence-corrected chi connectivity index (χ0v) is 8.60. The van der Waals surface area contributed by atoms with Gasteiger partial charge < -0.3 is 11.1 Å². The molecule has 4 N–H and O–H groups in total. The van der Waals surface area contributed by atoms with Crippen molar-refractivity contribution in [1.82, 2.24) is 15.5 Å². The zero-order valence-electron chi connectivity index (χ0n) is 8.60. The van der Waals surface area contributed by atoms with Gasteiger partial charge in [0.1, 0.15) is 0 Å². The van der Waals surface area contributed by atoms with Crippen LogP contribution in [0.1, 0.15) is 5.56 Å². The molecular weight excluding hydrogens is 204 g/mol. The summed E-state index contributed by atoms with van der Waals surface area (Å²) in [6.07, 6.45) is 3.57. The normalized spacial score (nSPS) is 10.0. The quantitative estimate of drug-likeness (QED) is 0.721. The van der Waals surface area contributed by atoms with Gasteiger partial charge in [-0.3, -0.25) is 5.10 Å². The van der Waals surface area contributed by atoms with Gasteiger partial charge in [-0.25, -0.2) is 4.79 Å². The van der Waals surface area contributed by atoms with Crippen molar-refractivity contribution in [2.45, 2.75) is 6.54 Å². The van der Waals surface area contributed by atoms with Gasteiger partial charge in [-0.05, 0) is 17.2 Å². The predicted molar refractivity (Wildman–Crippen MR) is 60.4 cm³/mol. The van der Waals surface area contributed by atoms with E-state index in [0.717, 1.165) is 16.7 Å². The van der Waals surface area contributed by atoms with E-state index >= 15 is 0 Å². The van der Waals surface area contributed by atoms with Crippen LogP contribution in [0.3, 0.4) is 0 Å². The molecule has 0 spiro atoms. The highest BCUT2D eigenvalue weighted by molar-refractivity contribution is 5.71. The third-order valence-electron chi connectivity index (χ3n) is 2.23. The molecule has 0 atom stereocenters. The number of urea groups is 1. The number of hydrogen-bond donors (Lipinski definition) is 3. The van der Waals surface area contributed by atoms with Crippen LogP contribution in [0, 0.1) is 0 Å². The second kappa shape index (κ2) is 4.48. The summed E-state index contributed by atoms with van der Waals surface area (Å²) >= 11 is 0. The number of rotatable bonds is 3. The number of nitrogens with two attached hydrogens (primary N) is 1. The van der Waals surface area contributed by atoms with E-state index in [1.165, 1.54) is 0 Å². The molecule has 2 amide bonds. The van der Waals surface area contributed by atoms with E-state index in [0.29, 0.717) is 6.54 Å². The maximum absolute atomic E-state index is 10.6. The predicted octanol–water partition coefficient (Wildman–Crippen LogP) is 1.24. The number of H-pyrrole nitrogens is 1. The molecule has 82 valence electrons. The molecule has 16 heavy (non-hydrogen) atoms. The molecule has 0 aliphatic carbocycles. The minimum atomic E-state index is -0.520. The van der Waals surface area contributed by atoms with Crippen molar-refractivity contribution in [3.63, 3.8) is 0 Å². The van der Waals surface area contributed by atoms with Crippen molar-refractivity contribution < 1.29 is 4.79 Å². The average Bonchev–Trinajstić information content (AvgIpc) is 2.80. The maximum Gasteiger partial charge on any atom is 0.312 e. The fourth-order valence-electron chi connectivity index (χ4n) is 1.46. The summed E-state index contributed by atoms with van der Waals surface area (Å²) in [7, 11) is 0. The highest BCUT2D eigenvalue weighted by Crippen LogP contribution is 2.18. The maximum atomic E-state index is 10.6. The van der Waals surface area contributed by atoms with Gasteiger partial charge in [0.2, 0.25) is 0 Å². The van der Waals surface area contributed by atoms with Gasteiger partial charge in [0.15, 0.2) is 0 Å². The smallest absolute Gasteiger partial charge is 0.312 e. The van der Waals surface area contributed by atoms with Crippen LogP contribution < -0.4 is 11.1 Å². The first-order valence-corrected chi connectivity index (χ1v) is 4.87. The van der Waals surface area contributed by atoms with E-state index in [4.69, 9.17) is 5.73 Å². The van der Waals surface area contributed by atoms with Gasteiger partial charge in [0.25, 0.3) is 0 Å². The van der Waals surface area contributed by atoms with Crippen LogP contribution in [0.4, 0.5) is 4.79 Å². The van der Waals surface area contributed by atoms with Crippen LogP contribution in [-0.4, -0.2) is 16.2 Å². The standard InChI is InChI=1S/C11H12N4O/c12-11(16)13-5-8-2-1-3-9(4-8)10-6-14-15-7-10/h1-4,6-7H,5H2,(H,14,15)(H3,12,13,16). The summed E-state index contributed by atoms with van der Waals surface area (Å²) < 4.78 is 0. The molecule has 0 fully saturated rings. The molecule has 2 rings (SSSR count). The zero-order chi connectivity index (χ0) is 11.4. The number of nitrogens with zero attached hydrogens (tertiary/aromatic N) is 1.